The lowest BCUT2D eigenvalue weighted by atomic mass is 10.2. The Labute approximate surface area is 146 Å². The van der Waals surface area contributed by atoms with Gasteiger partial charge in [-0.2, -0.15) is 0 Å². The first-order valence-corrected chi connectivity index (χ1v) is 9.58. The quantitative estimate of drug-likeness (QED) is 0.528. The summed E-state index contributed by atoms with van der Waals surface area (Å²) >= 11 is 8.10. The Morgan fingerprint density at radius 2 is 2.04 bits per heavy atom. The third-order valence-electron chi connectivity index (χ3n) is 4.13. The molecule has 0 N–H and O–H groups in total. The van der Waals surface area contributed by atoms with E-state index in [0.29, 0.717) is 6.04 Å². The minimum atomic E-state index is 0.478. The second-order valence-corrected chi connectivity index (χ2v) is 7.11. The molecule has 0 amide bonds. The molecule has 1 fully saturated rings. The van der Waals surface area contributed by atoms with Gasteiger partial charge in [-0.3, -0.25) is 4.57 Å². The minimum Gasteiger partial charge on any atom is -0.381 e. The average molecular weight is 352 g/mol. The number of benzene rings is 1. The van der Waals surface area contributed by atoms with Crippen molar-refractivity contribution in [3.63, 3.8) is 0 Å². The van der Waals surface area contributed by atoms with Crippen LogP contribution in [0.4, 0.5) is 0 Å². The van der Waals surface area contributed by atoms with E-state index in [1.54, 1.807) is 11.8 Å². The van der Waals surface area contributed by atoms with Crippen LogP contribution in [-0.2, 0) is 4.74 Å². The highest BCUT2D eigenvalue weighted by Gasteiger charge is 2.25. The molecule has 1 saturated carbocycles. The molecule has 6 heteroatoms. The first-order valence-electron chi connectivity index (χ1n) is 8.21. The second kappa shape index (κ2) is 8.18. The number of nitrogens with zero attached hydrogens (tertiary/aromatic N) is 3. The molecule has 23 heavy (non-hydrogen) atoms. The Morgan fingerprint density at radius 3 is 2.78 bits per heavy atom. The van der Waals surface area contributed by atoms with Gasteiger partial charge in [0.15, 0.2) is 11.0 Å². The summed E-state index contributed by atoms with van der Waals surface area (Å²) < 4.78 is 7.73. The van der Waals surface area contributed by atoms with E-state index >= 15 is 0 Å². The molecular formula is C17H22ClN3OS. The van der Waals surface area contributed by atoms with E-state index in [1.165, 1.54) is 25.7 Å². The maximum absolute atomic E-state index is 6.38. The van der Waals surface area contributed by atoms with Crippen molar-refractivity contribution < 1.29 is 4.74 Å². The molecular weight excluding hydrogens is 330 g/mol. The molecule has 124 valence electrons. The third-order valence-corrected chi connectivity index (χ3v) is 5.37. The maximum Gasteiger partial charge on any atom is 0.191 e. The summed E-state index contributed by atoms with van der Waals surface area (Å²) in [4.78, 5) is 0. The van der Waals surface area contributed by atoms with Gasteiger partial charge in [0.25, 0.3) is 0 Å². The van der Waals surface area contributed by atoms with Crippen LogP contribution in [-0.4, -0.2) is 33.7 Å². The summed E-state index contributed by atoms with van der Waals surface area (Å²) in [5.74, 6) is 1.78. The van der Waals surface area contributed by atoms with Gasteiger partial charge in [-0.15, -0.1) is 10.2 Å². The average Bonchev–Trinajstić information content (AvgIpc) is 3.21. The van der Waals surface area contributed by atoms with Crippen LogP contribution in [0, 0.1) is 0 Å². The fourth-order valence-corrected chi connectivity index (χ4v) is 4.11. The molecule has 0 saturated heterocycles. The smallest absolute Gasteiger partial charge is 0.191 e. The largest absolute Gasteiger partial charge is 0.381 e. The lowest BCUT2D eigenvalue weighted by Gasteiger charge is -2.17. The summed E-state index contributed by atoms with van der Waals surface area (Å²) in [6.07, 6.45) is 4.92. The van der Waals surface area contributed by atoms with Crippen LogP contribution >= 0.6 is 23.4 Å². The summed E-state index contributed by atoms with van der Waals surface area (Å²) in [7, 11) is 0. The fourth-order valence-electron chi connectivity index (χ4n) is 3.03. The zero-order chi connectivity index (χ0) is 16.1. The molecule has 0 spiro atoms. The first-order chi connectivity index (χ1) is 11.3. The van der Waals surface area contributed by atoms with E-state index in [9.17, 15) is 0 Å². The normalized spacial score (nSPS) is 15.4. The van der Waals surface area contributed by atoms with Crippen molar-refractivity contribution in [3.05, 3.63) is 29.3 Å². The number of thioether (sulfide) groups is 1. The van der Waals surface area contributed by atoms with Crippen LogP contribution in [0.15, 0.2) is 29.4 Å². The van der Waals surface area contributed by atoms with Crippen molar-refractivity contribution in [3.8, 4) is 11.4 Å². The van der Waals surface area contributed by atoms with Gasteiger partial charge in [0.05, 0.1) is 11.6 Å². The molecule has 2 aromatic rings. The molecule has 1 aliphatic carbocycles. The third kappa shape index (κ3) is 3.90. The highest BCUT2D eigenvalue weighted by Crippen LogP contribution is 2.38. The van der Waals surface area contributed by atoms with Gasteiger partial charge >= 0.3 is 0 Å². The number of aromatic nitrogens is 3. The van der Waals surface area contributed by atoms with Crippen LogP contribution in [0.3, 0.4) is 0 Å². The van der Waals surface area contributed by atoms with Gasteiger partial charge in [-0.05, 0) is 31.9 Å². The molecule has 1 heterocycles. The molecule has 0 bridgehead atoms. The number of hydrogen-bond donors (Lipinski definition) is 0. The molecule has 1 aromatic carbocycles. The number of rotatable bonds is 7. The molecule has 1 aliphatic rings. The van der Waals surface area contributed by atoms with Crippen LogP contribution in [0.2, 0.25) is 5.02 Å². The molecule has 0 radical (unpaired) electrons. The lowest BCUT2D eigenvalue weighted by molar-refractivity contribution is 0.164. The second-order valence-electron chi connectivity index (χ2n) is 5.64. The van der Waals surface area contributed by atoms with Crippen molar-refractivity contribution in [2.75, 3.05) is 19.0 Å². The van der Waals surface area contributed by atoms with E-state index < -0.39 is 0 Å². The monoisotopic (exact) mass is 351 g/mol. The van der Waals surface area contributed by atoms with Gasteiger partial charge < -0.3 is 4.74 Å². The SMILES string of the molecule is CCOCCSc1nnc(-c2ccccc2Cl)n1C1CCCC1. The summed E-state index contributed by atoms with van der Waals surface area (Å²) in [6.45, 7) is 3.50. The Bertz CT molecular complexity index is 641. The Hall–Kier alpha value is -1.04. The van der Waals surface area contributed by atoms with Crippen LogP contribution < -0.4 is 0 Å². The standard InChI is InChI=1S/C17H22ClN3OS/c1-2-22-11-12-23-17-20-19-16(14-9-5-6-10-15(14)18)21(17)13-7-3-4-8-13/h5-6,9-10,13H,2-4,7-8,11-12H2,1H3. The summed E-state index contributed by atoms with van der Waals surface area (Å²) in [5, 5.41) is 10.6. The van der Waals surface area contributed by atoms with Gasteiger partial charge in [0.2, 0.25) is 0 Å². The highest BCUT2D eigenvalue weighted by molar-refractivity contribution is 7.99. The van der Waals surface area contributed by atoms with Crippen LogP contribution in [0.5, 0.6) is 0 Å². The van der Waals surface area contributed by atoms with Crippen LogP contribution in [0.1, 0.15) is 38.6 Å². The predicted molar refractivity (Wildman–Crippen MR) is 95.2 cm³/mol. The number of halogens is 1. The van der Waals surface area contributed by atoms with Gasteiger partial charge in [-0.1, -0.05) is 48.3 Å². The molecule has 0 aliphatic heterocycles. The van der Waals surface area contributed by atoms with E-state index in [2.05, 4.69) is 14.8 Å². The fraction of sp³-hybridized carbons (Fsp3) is 0.529. The minimum absolute atomic E-state index is 0.478. The molecule has 1 aromatic heterocycles. The van der Waals surface area contributed by atoms with Gasteiger partial charge in [0.1, 0.15) is 0 Å². The Balaban J connectivity index is 1.90. The first kappa shape index (κ1) is 16.8. The van der Waals surface area contributed by atoms with Crippen molar-refractivity contribution in [2.45, 2.75) is 43.8 Å². The van der Waals surface area contributed by atoms with Crippen molar-refractivity contribution in [2.24, 2.45) is 0 Å². The van der Waals surface area contributed by atoms with Crippen molar-refractivity contribution >= 4 is 23.4 Å². The highest BCUT2D eigenvalue weighted by atomic mass is 35.5. The molecule has 3 rings (SSSR count). The zero-order valence-electron chi connectivity index (χ0n) is 13.4. The summed E-state index contributed by atoms with van der Waals surface area (Å²) in [5.41, 5.74) is 0.963. The Morgan fingerprint density at radius 1 is 1.26 bits per heavy atom. The maximum atomic E-state index is 6.38. The molecule has 0 unspecified atom stereocenters. The number of ether oxygens (including phenoxy) is 1. The van der Waals surface area contributed by atoms with E-state index in [4.69, 9.17) is 16.3 Å². The number of hydrogen-bond acceptors (Lipinski definition) is 4. The van der Waals surface area contributed by atoms with Gasteiger partial charge in [0, 0.05) is 24.0 Å². The Kier molecular flexibility index (Phi) is 5.97. The van der Waals surface area contributed by atoms with E-state index in [1.807, 2.05) is 31.2 Å². The van der Waals surface area contributed by atoms with Gasteiger partial charge in [-0.25, -0.2) is 0 Å². The zero-order valence-corrected chi connectivity index (χ0v) is 14.9. The summed E-state index contributed by atoms with van der Waals surface area (Å²) in [6, 6.07) is 8.35. The lowest BCUT2D eigenvalue weighted by Crippen LogP contribution is -2.09. The van der Waals surface area contributed by atoms with Crippen LogP contribution in [0.25, 0.3) is 11.4 Å². The molecule has 0 atom stereocenters. The van der Waals surface area contributed by atoms with E-state index in [-0.39, 0.29) is 0 Å². The molecule has 4 nitrogen and oxygen atoms in total. The van der Waals surface area contributed by atoms with E-state index in [0.717, 1.165) is 40.5 Å². The predicted octanol–water partition coefficient (Wildman–Crippen LogP) is 4.84. The van der Waals surface area contributed by atoms with Crippen molar-refractivity contribution in [1.29, 1.82) is 0 Å². The van der Waals surface area contributed by atoms with Crippen molar-refractivity contribution in [1.82, 2.24) is 14.8 Å². The topological polar surface area (TPSA) is 39.9 Å².